The topological polar surface area (TPSA) is 377 Å². The summed E-state index contributed by atoms with van der Waals surface area (Å²) in [6.07, 6.45) is -3.85. The van der Waals surface area contributed by atoms with E-state index in [2.05, 4.69) is 31.6 Å². The third-order valence-electron chi connectivity index (χ3n) is 17.4. The number of phenols is 2. The predicted molar refractivity (Wildman–Crippen MR) is 338 cm³/mol. The van der Waals surface area contributed by atoms with Gasteiger partial charge in [0, 0.05) is 61.3 Å². The molecule has 0 saturated carbocycles. The number of nitrogens with zero attached hydrogens (tertiary/aromatic N) is 2. The first-order valence-electron chi connectivity index (χ1n) is 31.7. The van der Waals surface area contributed by atoms with Crippen LogP contribution in [0.15, 0.2) is 97.3 Å². The van der Waals surface area contributed by atoms with E-state index in [-0.39, 0.29) is 85.3 Å². The number of aromatic hydroxyl groups is 2. The van der Waals surface area contributed by atoms with Gasteiger partial charge in [0.15, 0.2) is 17.9 Å². The number of phenolic OH excluding ortho intramolecular Hbond substituents is 2. The molecule has 4 aromatic carbocycles. The highest BCUT2D eigenvalue weighted by Crippen LogP contribution is 2.53. The fourth-order valence-corrected chi connectivity index (χ4v) is 12.5. The van der Waals surface area contributed by atoms with E-state index >= 15 is 0 Å². The van der Waals surface area contributed by atoms with Gasteiger partial charge in [0.2, 0.25) is 35.3 Å². The smallest absolute Gasteiger partial charge is 0.410 e. The molecule has 10 atom stereocenters. The molecule has 6 amide bonds. The quantitative estimate of drug-likeness (QED) is 0.0345. The molecule has 0 radical (unpaired) electrons. The number of hydrogen-bond donors (Lipinski definition) is 10. The number of fused-ring (bicyclic) bond motifs is 3. The fraction of sp³-hybridized carbons (Fsp3) is 0.449. The Morgan fingerprint density at radius 2 is 1.43 bits per heavy atom. The molecule has 5 aromatic rings. The van der Waals surface area contributed by atoms with Gasteiger partial charge in [-0.05, 0) is 91.5 Å². The van der Waals surface area contributed by atoms with Gasteiger partial charge in [0.05, 0.1) is 48.6 Å². The van der Waals surface area contributed by atoms with Crippen LogP contribution in [-0.4, -0.2) is 170 Å². The zero-order valence-corrected chi connectivity index (χ0v) is 53.6. The molecular weight excluding hydrogens is 1230 g/mol. The molecule has 26 nitrogen and oxygen atoms in total. The van der Waals surface area contributed by atoms with Crippen molar-refractivity contribution < 1.29 is 92.4 Å². The summed E-state index contributed by atoms with van der Waals surface area (Å²) in [5, 5.41) is 71.2. The van der Waals surface area contributed by atoms with Crippen LogP contribution in [0.25, 0.3) is 0 Å². The molecule has 0 spiro atoms. The number of rotatable bonds is 26. The molecule has 2 aliphatic carbocycles. The van der Waals surface area contributed by atoms with Gasteiger partial charge in [-0.25, -0.2) is 4.79 Å². The van der Waals surface area contributed by atoms with Gasteiger partial charge >= 0.3 is 6.09 Å². The van der Waals surface area contributed by atoms with Crippen molar-refractivity contribution in [3.8, 4) is 23.0 Å². The van der Waals surface area contributed by atoms with E-state index in [0.29, 0.717) is 24.2 Å². The molecule has 2 saturated heterocycles. The number of carbonyl (C=O) groups excluding carboxylic acids is 9. The van der Waals surface area contributed by atoms with E-state index in [1.54, 1.807) is 74.8 Å². The average molecular weight is 1310 g/mol. The second-order valence-electron chi connectivity index (χ2n) is 25.2. The number of aliphatic hydroxyl groups is 3. The van der Waals surface area contributed by atoms with Crippen LogP contribution in [0.2, 0.25) is 0 Å². The van der Waals surface area contributed by atoms with Crippen LogP contribution in [0.3, 0.4) is 0 Å². The molecular formula is C69H81N7O19. The first kappa shape index (κ1) is 70.0. The van der Waals surface area contributed by atoms with Gasteiger partial charge in [-0.15, -0.1) is 0 Å². The van der Waals surface area contributed by atoms with Crippen LogP contribution < -0.4 is 36.1 Å². The normalized spacial score (nSPS) is 21.4. The highest BCUT2D eigenvalue weighted by atomic mass is 16.7. The lowest BCUT2D eigenvalue weighted by molar-refractivity contribution is -0.249. The number of Topliss-reactive ketones (excluding diaryl/α,β-unsaturated/α-hetero) is 1. The Balaban J connectivity index is 0.907. The molecule has 26 heteroatoms. The Morgan fingerprint density at radius 1 is 0.758 bits per heavy atom. The molecule has 2 aliphatic heterocycles. The minimum atomic E-state index is -2.47. The van der Waals surface area contributed by atoms with E-state index in [0.717, 1.165) is 11.1 Å². The van der Waals surface area contributed by atoms with Crippen molar-refractivity contribution in [2.24, 2.45) is 11.8 Å². The summed E-state index contributed by atoms with van der Waals surface area (Å²) in [5.41, 5.74) is -2.41. The summed E-state index contributed by atoms with van der Waals surface area (Å²) >= 11 is 0. The van der Waals surface area contributed by atoms with Gasteiger partial charge in [0.25, 0.3) is 0 Å². The third kappa shape index (κ3) is 16.4. The Bertz CT molecular complexity index is 3670. The number of nitrogens with one attached hydrogen (secondary N) is 5. The van der Waals surface area contributed by atoms with Gasteiger partial charge in [-0.3, -0.25) is 48.2 Å². The summed E-state index contributed by atoms with van der Waals surface area (Å²) in [6, 6.07) is 17.7. The molecule has 95 heavy (non-hydrogen) atoms. The molecule has 1 aromatic heterocycles. The minimum Gasteiger partial charge on any atom is -0.507 e. The van der Waals surface area contributed by atoms with Crippen molar-refractivity contribution in [2.45, 2.75) is 160 Å². The summed E-state index contributed by atoms with van der Waals surface area (Å²) < 4.78 is 29.3. The number of benzene rings is 4. The van der Waals surface area contributed by atoms with Crippen LogP contribution >= 0.6 is 0 Å². The molecule has 3 heterocycles. The standard InChI is InChI=1S/C69H81N7O19/c1-36(2)26-46(75-67(88)49-15-11-25-76(49)68(89)93-35-40-12-8-7-9-13-40)64(85)71-32-53(79)72-48(28-39-17-19-42(20-18-39)92-34-41-21-23-70-24-22-41)66(87)74-47(27-37(3)4)65(86)73-45-29-54(94-38(5)59(45)80)95-51-31-69(90,52(78)33-77)30-44-56(51)63(84)58-57(61(44)82)60(81)43-14-10-16-50(91-6)55(43)62(58)83/h7-10,12-14,16-24,36-38,45-49,51,54,59,77,80,82,84,90H,11,15,25-35H2,1-6H3,(H,71,85)(H,72,79)(H,73,86)(H,74,87)(H,75,88)/t38-,45-,46-,47-,48-,49-,51-,54-,59+,69-/m0/s1. The van der Waals surface area contributed by atoms with Gasteiger partial charge < -0.3 is 75.8 Å². The average Bonchev–Trinajstić information content (AvgIpc) is 1.02. The number of aliphatic hydroxyl groups excluding tert-OH is 2. The molecule has 4 aliphatic rings. The van der Waals surface area contributed by atoms with Crippen molar-refractivity contribution >= 4 is 53.0 Å². The van der Waals surface area contributed by atoms with Crippen LogP contribution in [0.5, 0.6) is 23.0 Å². The maximum absolute atomic E-state index is 14.7. The largest absolute Gasteiger partial charge is 0.507 e. The van der Waals surface area contributed by atoms with Crippen LogP contribution in [0, 0.1) is 11.8 Å². The lowest BCUT2D eigenvalue weighted by Crippen LogP contribution is -2.60. The Morgan fingerprint density at radius 3 is 2.11 bits per heavy atom. The minimum absolute atomic E-state index is 0.000125. The molecule has 0 unspecified atom stereocenters. The number of ether oxygens (including phenoxy) is 5. The number of hydrogen-bond acceptors (Lipinski definition) is 20. The fourth-order valence-electron chi connectivity index (χ4n) is 12.5. The van der Waals surface area contributed by atoms with Crippen molar-refractivity contribution in [2.75, 3.05) is 26.8 Å². The zero-order valence-electron chi connectivity index (χ0n) is 53.6. The molecule has 10 N–H and O–H groups in total. The van der Waals surface area contributed by atoms with Gasteiger partial charge in [-0.1, -0.05) is 82.3 Å². The van der Waals surface area contributed by atoms with Crippen LogP contribution in [0.1, 0.15) is 139 Å². The first-order chi connectivity index (χ1) is 45.4. The summed E-state index contributed by atoms with van der Waals surface area (Å²) in [5.74, 6) is -8.01. The van der Waals surface area contributed by atoms with Gasteiger partial charge in [-0.2, -0.15) is 0 Å². The number of carbonyl (C=O) groups is 9. The van der Waals surface area contributed by atoms with Crippen molar-refractivity contribution in [1.82, 2.24) is 36.5 Å². The zero-order chi connectivity index (χ0) is 68.4. The van der Waals surface area contributed by atoms with E-state index in [1.807, 2.05) is 32.0 Å². The number of aromatic nitrogens is 1. The van der Waals surface area contributed by atoms with E-state index in [9.17, 15) is 68.7 Å². The maximum atomic E-state index is 14.7. The van der Waals surface area contributed by atoms with Gasteiger partial charge in [0.1, 0.15) is 78.7 Å². The maximum Gasteiger partial charge on any atom is 0.410 e. The Hall–Kier alpha value is -9.34. The molecule has 9 rings (SSSR count). The van der Waals surface area contributed by atoms with Crippen molar-refractivity contribution in [3.05, 3.63) is 147 Å². The number of amides is 6. The molecule has 506 valence electrons. The summed E-state index contributed by atoms with van der Waals surface area (Å²) in [6.45, 7) is 7.46. The predicted octanol–water partition coefficient (Wildman–Crippen LogP) is 3.84. The van der Waals surface area contributed by atoms with Crippen LogP contribution in [-0.2, 0) is 69.0 Å². The number of ketones is 3. The highest BCUT2D eigenvalue weighted by molar-refractivity contribution is 6.31. The van der Waals surface area contributed by atoms with Crippen molar-refractivity contribution in [1.29, 1.82) is 0 Å². The van der Waals surface area contributed by atoms with E-state index in [4.69, 9.17) is 23.7 Å². The highest BCUT2D eigenvalue weighted by Gasteiger charge is 2.51. The lowest BCUT2D eigenvalue weighted by Gasteiger charge is -2.43. The summed E-state index contributed by atoms with van der Waals surface area (Å²) in [7, 11) is 1.28. The van der Waals surface area contributed by atoms with E-state index in [1.165, 1.54) is 37.1 Å². The van der Waals surface area contributed by atoms with E-state index < -0.39 is 162 Å². The number of likely N-dealkylation sites (tertiary alicyclic amines) is 1. The van der Waals surface area contributed by atoms with Crippen molar-refractivity contribution in [3.63, 3.8) is 0 Å². The first-order valence-corrected chi connectivity index (χ1v) is 31.7. The number of pyridine rings is 1. The third-order valence-corrected chi connectivity index (χ3v) is 17.4. The number of methoxy groups -OCH3 is 1. The second-order valence-corrected chi connectivity index (χ2v) is 25.2. The second kappa shape index (κ2) is 30.8. The Labute approximate surface area is 548 Å². The summed E-state index contributed by atoms with van der Waals surface area (Å²) in [4.78, 5) is 131. The molecule has 2 fully saturated rings. The lowest BCUT2D eigenvalue weighted by atomic mass is 9.72. The monoisotopic (exact) mass is 1310 g/mol. The Kier molecular flexibility index (Phi) is 22.7. The van der Waals surface area contributed by atoms with Crippen LogP contribution in [0.4, 0.5) is 4.79 Å². The SMILES string of the molecule is COc1cccc2c1C(=O)c1c(O)c3c(c(O)c1C2=O)C[C@@](O)(C(=O)CO)C[C@@H]3O[C@H]1C[C@H](NC(=O)[C@H](CC(C)C)NC(=O)[C@H](Cc2ccc(OCc3ccncc3)cc2)NC(=O)CNC(=O)[C@H](CC(C)C)NC(=O)[C@@H]2CCCN2C(=O)OCc2ccccc2)[C@H](O)[C@H](C)O1. The molecule has 0 bridgehead atoms.